The molecule has 5 rings (SSSR count). The highest BCUT2D eigenvalue weighted by Gasteiger charge is 2.25. The largest absolute Gasteiger partial charge is 0.354 e. The van der Waals surface area contributed by atoms with Gasteiger partial charge in [0.05, 0.1) is 0 Å². The Hall–Kier alpha value is -3.26. The number of rotatable bonds is 3. The highest BCUT2D eigenvalue weighted by molar-refractivity contribution is 6.05. The molecule has 31 heavy (non-hydrogen) atoms. The minimum absolute atomic E-state index is 0.00253. The maximum atomic E-state index is 13.2. The summed E-state index contributed by atoms with van der Waals surface area (Å²) in [6.07, 6.45) is 3.37. The van der Waals surface area contributed by atoms with E-state index in [0.29, 0.717) is 18.8 Å². The van der Waals surface area contributed by atoms with Gasteiger partial charge >= 0.3 is 0 Å². The number of nitrogens with zero attached hydrogens (tertiary/aromatic N) is 7. The molecule has 2 saturated heterocycles. The first kappa shape index (κ1) is 19.7. The van der Waals surface area contributed by atoms with Crippen LogP contribution in [0.1, 0.15) is 10.5 Å². The normalized spacial score (nSPS) is 17.9. The molecule has 1 amide bonds. The molecule has 4 heterocycles. The van der Waals surface area contributed by atoms with E-state index in [1.165, 1.54) is 0 Å². The van der Waals surface area contributed by atoms with E-state index in [1.54, 1.807) is 12.5 Å². The number of benzene rings is 1. The Morgan fingerprint density at radius 1 is 0.806 bits per heavy atom. The SMILES string of the molecule is CN1CCN(c2cc(N3CCN(C(=O)c4nccc5ccccc45)CC3)ncn2)CC1. The van der Waals surface area contributed by atoms with E-state index in [0.717, 1.165) is 61.7 Å². The molecule has 8 nitrogen and oxygen atoms in total. The molecule has 2 aromatic heterocycles. The Balaban J connectivity index is 1.26. The standard InChI is InChI=1S/C23H27N7O/c1-27-8-10-28(11-9-27)20-16-21(26-17-25-20)29-12-14-30(15-13-29)23(31)22-19-5-3-2-4-18(19)6-7-24-22/h2-7,16-17H,8-15H2,1H3. The number of hydrogen-bond donors (Lipinski definition) is 0. The van der Waals surface area contributed by atoms with E-state index in [1.807, 2.05) is 35.2 Å². The Morgan fingerprint density at radius 2 is 1.45 bits per heavy atom. The summed E-state index contributed by atoms with van der Waals surface area (Å²) in [6.45, 7) is 6.84. The Kier molecular flexibility index (Phi) is 5.38. The summed E-state index contributed by atoms with van der Waals surface area (Å²) >= 11 is 0. The summed E-state index contributed by atoms with van der Waals surface area (Å²) in [7, 11) is 2.15. The quantitative estimate of drug-likeness (QED) is 0.643. The van der Waals surface area contributed by atoms with Gasteiger partial charge in [0, 0.05) is 70.0 Å². The fraction of sp³-hybridized carbons (Fsp3) is 0.391. The second-order valence-corrected chi connectivity index (χ2v) is 8.18. The summed E-state index contributed by atoms with van der Waals surface area (Å²) in [6, 6.07) is 11.9. The van der Waals surface area contributed by atoms with Gasteiger partial charge in [0.2, 0.25) is 0 Å². The van der Waals surface area contributed by atoms with Crippen molar-refractivity contribution >= 4 is 28.3 Å². The van der Waals surface area contributed by atoms with Gasteiger partial charge in [0.1, 0.15) is 23.7 Å². The first-order valence-corrected chi connectivity index (χ1v) is 10.8. The number of amides is 1. The van der Waals surface area contributed by atoms with Crippen LogP contribution in [0, 0.1) is 0 Å². The second kappa shape index (κ2) is 8.47. The van der Waals surface area contributed by atoms with Crippen LogP contribution in [0.4, 0.5) is 11.6 Å². The van der Waals surface area contributed by atoms with Gasteiger partial charge in [-0.05, 0) is 18.5 Å². The average molecular weight is 418 g/mol. The van der Waals surface area contributed by atoms with Gasteiger partial charge in [0.25, 0.3) is 5.91 Å². The zero-order chi connectivity index (χ0) is 21.2. The summed E-state index contributed by atoms with van der Waals surface area (Å²) in [5.41, 5.74) is 0.533. The second-order valence-electron chi connectivity index (χ2n) is 8.18. The van der Waals surface area contributed by atoms with E-state index in [-0.39, 0.29) is 5.91 Å². The van der Waals surface area contributed by atoms with Crippen LogP contribution in [0.15, 0.2) is 48.9 Å². The van der Waals surface area contributed by atoms with Crippen LogP contribution in [0.2, 0.25) is 0 Å². The molecule has 0 atom stereocenters. The van der Waals surface area contributed by atoms with Gasteiger partial charge in [-0.2, -0.15) is 0 Å². The molecule has 160 valence electrons. The van der Waals surface area contributed by atoms with Gasteiger partial charge in [-0.1, -0.05) is 24.3 Å². The van der Waals surface area contributed by atoms with Crippen LogP contribution in [0.25, 0.3) is 10.8 Å². The summed E-state index contributed by atoms with van der Waals surface area (Å²) in [5.74, 6) is 1.91. The number of hydrogen-bond acceptors (Lipinski definition) is 7. The highest BCUT2D eigenvalue weighted by atomic mass is 16.2. The molecule has 1 aromatic carbocycles. The molecular weight excluding hydrogens is 390 g/mol. The van der Waals surface area contributed by atoms with Crippen LogP contribution in [0.3, 0.4) is 0 Å². The number of carbonyl (C=O) groups excluding carboxylic acids is 1. The van der Waals surface area contributed by atoms with E-state index in [4.69, 9.17) is 0 Å². The lowest BCUT2D eigenvalue weighted by atomic mass is 10.1. The van der Waals surface area contributed by atoms with Crippen molar-refractivity contribution in [2.75, 3.05) is 69.2 Å². The Bertz CT molecular complexity index is 1070. The lowest BCUT2D eigenvalue weighted by Crippen LogP contribution is -2.49. The first-order valence-electron chi connectivity index (χ1n) is 10.8. The van der Waals surface area contributed by atoms with Crippen LogP contribution >= 0.6 is 0 Å². The molecule has 0 saturated carbocycles. The number of likely N-dealkylation sites (N-methyl/N-ethyl adjacent to an activating group) is 1. The molecule has 0 spiro atoms. The van der Waals surface area contributed by atoms with Crippen LogP contribution in [-0.4, -0.2) is 90.1 Å². The molecule has 2 fully saturated rings. The van der Waals surface area contributed by atoms with E-state index in [2.05, 4.69) is 42.8 Å². The minimum Gasteiger partial charge on any atom is -0.354 e. The molecule has 2 aliphatic heterocycles. The topological polar surface area (TPSA) is 68.7 Å². The van der Waals surface area contributed by atoms with Crippen molar-refractivity contribution in [2.24, 2.45) is 0 Å². The summed E-state index contributed by atoms with van der Waals surface area (Å²) in [5, 5.41) is 1.95. The van der Waals surface area contributed by atoms with E-state index in [9.17, 15) is 4.79 Å². The molecule has 3 aromatic rings. The minimum atomic E-state index is -0.00253. The van der Waals surface area contributed by atoms with Crippen molar-refractivity contribution in [2.45, 2.75) is 0 Å². The van der Waals surface area contributed by atoms with Crippen LogP contribution in [-0.2, 0) is 0 Å². The Labute approximate surface area is 182 Å². The first-order chi connectivity index (χ1) is 15.2. The zero-order valence-corrected chi connectivity index (χ0v) is 17.8. The van der Waals surface area contributed by atoms with Crippen molar-refractivity contribution in [1.29, 1.82) is 0 Å². The molecule has 0 bridgehead atoms. The molecule has 2 aliphatic rings. The number of aromatic nitrogens is 3. The van der Waals surface area contributed by atoms with E-state index >= 15 is 0 Å². The van der Waals surface area contributed by atoms with Crippen molar-refractivity contribution in [3.63, 3.8) is 0 Å². The molecule has 8 heteroatoms. The van der Waals surface area contributed by atoms with Crippen molar-refractivity contribution in [1.82, 2.24) is 24.8 Å². The number of anilines is 2. The van der Waals surface area contributed by atoms with Gasteiger partial charge in [0.15, 0.2) is 0 Å². The molecule has 0 aliphatic carbocycles. The van der Waals surface area contributed by atoms with Crippen LogP contribution < -0.4 is 9.80 Å². The maximum absolute atomic E-state index is 13.2. The maximum Gasteiger partial charge on any atom is 0.273 e. The smallest absolute Gasteiger partial charge is 0.273 e. The third kappa shape index (κ3) is 4.03. The van der Waals surface area contributed by atoms with Crippen molar-refractivity contribution in [3.8, 4) is 0 Å². The Morgan fingerprint density at radius 3 is 2.16 bits per heavy atom. The van der Waals surface area contributed by atoms with Crippen molar-refractivity contribution in [3.05, 3.63) is 54.6 Å². The molecule has 0 N–H and O–H groups in total. The average Bonchev–Trinajstić information content (AvgIpc) is 2.84. The van der Waals surface area contributed by atoms with Crippen molar-refractivity contribution < 1.29 is 4.79 Å². The predicted molar refractivity (Wildman–Crippen MR) is 122 cm³/mol. The van der Waals surface area contributed by atoms with Gasteiger partial charge in [-0.3, -0.25) is 9.78 Å². The number of piperazine rings is 2. The molecule has 0 unspecified atom stereocenters. The molecule has 0 radical (unpaired) electrons. The van der Waals surface area contributed by atoms with Gasteiger partial charge < -0.3 is 19.6 Å². The zero-order valence-electron chi connectivity index (χ0n) is 17.8. The predicted octanol–water partition coefficient (Wildman–Crippen LogP) is 1.74. The monoisotopic (exact) mass is 417 g/mol. The fourth-order valence-electron chi connectivity index (χ4n) is 4.30. The third-order valence-electron chi connectivity index (χ3n) is 6.23. The van der Waals surface area contributed by atoms with Gasteiger partial charge in [-0.25, -0.2) is 9.97 Å². The third-order valence-corrected chi connectivity index (χ3v) is 6.23. The van der Waals surface area contributed by atoms with E-state index < -0.39 is 0 Å². The number of carbonyl (C=O) groups is 1. The number of fused-ring (bicyclic) bond motifs is 1. The van der Waals surface area contributed by atoms with Gasteiger partial charge in [-0.15, -0.1) is 0 Å². The lowest BCUT2D eigenvalue weighted by molar-refractivity contribution is 0.0743. The highest BCUT2D eigenvalue weighted by Crippen LogP contribution is 2.22. The number of pyridine rings is 1. The molecular formula is C23H27N7O. The lowest BCUT2D eigenvalue weighted by Gasteiger charge is -2.36. The fourth-order valence-corrected chi connectivity index (χ4v) is 4.30. The summed E-state index contributed by atoms with van der Waals surface area (Å²) < 4.78 is 0. The van der Waals surface area contributed by atoms with Crippen LogP contribution in [0.5, 0.6) is 0 Å². The summed E-state index contributed by atoms with van der Waals surface area (Å²) in [4.78, 5) is 35.3.